The van der Waals surface area contributed by atoms with Crippen molar-refractivity contribution in [1.82, 2.24) is 0 Å². The van der Waals surface area contributed by atoms with Gasteiger partial charge in [0.15, 0.2) is 12.2 Å². The van der Waals surface area contributed by atoms with Crippen LogP contribution < -0.4 is 0 Å². The van der Waals surface area contributed by atoms with Crippen LogP contribution in [0.1, 0.15) is 395 Å². The number of esters is 4. The molecule has 0 saturated heterocycles. The molecule has 2 unspecified atom stereocenters. The fourth-order valence-electron chi connectivity index (χ4n) is 11.8. The minimum Gasteiger partial charge on any atom is -0.462 e. The largest absolute Gasteiger partial charge is 0.472 e. The number of hydrogen-bond acceptors (Lipinski definition) is 15. The second-order valence-electron chi connectivity index (χ2n) is 29.2. The van der Waals surface area contributed by atoms with E-state index in [4.69, 9.17) is 37.0 Å². The molecule has 0 fully saturated rings. The van der Waals surface area contributed by atoms with E-state index in [1.54, 1.807) is 0 Å². The van der Waals surface area contributed by atoms with E-state index in [-0.39, 0.29) is 25.7 Å². The first kappa shape index (κ1) is 94.1. The third-order valence-corrected chi connectivity index (χ3v) is 19.8. The first-order valence-electron chi connectivity index (χ1n) is 39.8. The van der Waals surface area contributed by atoms with Gasteiger partial charge in [-0.05, 0) is 43.4 Å². The summed E-state index contributed by atoms with van der Waals surface area (Å²) in [6, 6.07) is 0. The van der Waals surface area contributed by atoms with Crippen molar-refractivity contribution in [2.45, 2.75) is 414 Å². The van der Waals surface area contributed by atoms with Crippen molar-refractivity contribution in [2.75, 3.05) is 39.6 Å². The molecule has 0 heterocycles. The molecule has 0 aromatic carbocycles. The number of aliphatic hydroxyl groups is 1. The van der Waals surface area contributed by atoms with E-state index in [0.29, 0.717) is 25.7 Å². The van der Waals surface area contributed by atoms with E-state index in [2.05, 4.69) is 48.5 Å². The molecule has 3 N–H and O–H groups in total. The average Bonchev–Trinajstić information content (AvgIpc) is 1.42. The highest BCUT2D eigenvalue weighted by atomic mass is 31.2. The van der Waals surface area contributed by atoms with Crippen LogP contribution in [0.3, 0.4) is 0 Å². The molecule has 0 amide bonds. The maximum Gasteiger partial charge on any atom is 0.472 e. The summed E-state index contributed by atoms with van der Waals surface area (Å²) in [5.74, 6) is 0.253. The second-order valence-corrected chi connectivity index (χ2v) is 32.1. The Morgan fingerprint density at radius 2 is 0.479 bits per heavy atom. The predicted octanol–water partition coefficient (Wildman–Crippen LogP) is 22.6. The molecule has 0 aliphatic rings. The zero-order valence-corrected chi connectivity index (χ0v) is 64.6. The van der Waals surface area contributed by atoms with Crippen LogP contribution in [-0.2, 0) is 65.4 Å². The number of carbonyl (C=O) groups excluding carboxylic acids is 4. The number of phosphoric ester groups is 2. The number of rotatable bonds is 75. The summed E-state index contributed by atoms with van der Waals surface area (Å²) in [6.45, 7) is 11.9. The zero-order chi connectivity index (χ0) is 70.9. The third kappa shape index (κ3) is 70.5. The highest BCUT2D eigenvalue weighted by molar-refractivity contribution is 7.47. The number of phosphoric acid groups is 2. The number of hydrogen-bond donors (Lipinski definition) is 3. The molecule has 0 aromatic rings. The summed E-state index contributed by atoms with van der Waals surface area (Å²) in [5, 5.41) is 10.6. The fourth-order valence-corrected chi connectivity index (χ4v) is 13.4. The molecule has 0 radical (unpaired) electrons. The van der Waals surface area contributed by atoms with Gasteiger partial charge >= 0.3 is 39.5 Å². The molecule has 96 heavy (non-hydrogen) atoms. The Morgan fingerprint density at radius 3 is 0.708 bits per heavy atom. The van der Waals surface area contributed by atoms with E-state index in [1.807, 2.05) is 0 Å². The first-order valence-corrected chi connectivity index (χ1v) is 42.8. The van der Waals surface area contributed by atoms with E-state index in [0.717, 1.165) is 120 Å². The van der Waals surface area contributed by atoms with E-state index >= 15 is 0 Å². The van der Waals surface area contributed by atoms with Crippen molar-refractivity contribution in [1.29, 1.82) is 0 Å². The average molecular weight is 1410 g/mol. The minimum atomic E-state index is -4.96. The predicted molar refractivity (Wildman–Crippen MR) is 391 cm³/mol. The van der Waals surface area contributed by atoms with Crippen LogP contribution >= 0.6 is 15.6 Å². The number of ether oxygens (including phenoxy) is 4. The van der Waals surface area contributed by atoms with Gasteiger partial charge in [-0.3, -0.25) is 37.3 Å². The van der Waals surface area contributed by atoms with Crippen LogP contribution in [0.15, 0.2) is 0 Å². The van der Waals surface area contributed by atoms with Crippen molar-refractivity contribution in [3.05, 3.63) is 0 Å². The van der Waals surface area contributed by atoms with Gasteiger partial charge in [0.05, 0.1) is 26.4 Å². The molecule has 0 spiro atoms. The summed E-state index contributed by atoms with van der Waals surface area (Å²) < 4.78 is 68.5. The zero-order valence-electron chi connectivity index (χ0n) is 62.8. The fraction of sp³-hybridized carbons (Fsp3) is 0.948. The van der Waals surface area contributed by atoms with Gasteiger partial charge in [-0.2, -0.15) is 0 Å². The number of aliphatic hydroxyl groups excluding tert-OH is 1. The molecule has 0 aliphatic heterocycles. The monoisotopic (exact) mass is 1410 g/mol. The molecule has 0 aliphatic carbocycles. The molecule has 0 rings (SSSR count). The van der Waals surface area contributed by atoms with Crippen molar-refractivity contribution in [3.8, 4) is 0 Å². The number of unbranched alkanes of at least 4 members (excludes halogenated alkanes) is 43. The minimum absolute atomic E-state index is 0.107. The van der Waals surface area contributed by atoms with Gasteiger partial charge in [-0.1, -0.05) is 344 Å². The van der Waals surface area contributed by atoms with Gasteiger partial charge in [-0.25, -0.2) is 9.13 Å². The summed E-state index contributed by atoms with van der Waals surface area (Å²) in [6.07, 6.45) is 54.2. The normalized spacial score (nSPS) is 14.1. The molecular weight excluding hydrogens is 1260 g/mol. The van der Waals surface area contributed by atoms with Gasteiger partial charge in [0.2, 0.25) is 0 Å². The topological polar surface area (TPSA) is 237 Å². The van der Waals surface area contributed by atoms with Crippen LogP contribution in [0.4, 0.5) is 0 Å². The lowest BCUT2D eigenvalue weighted by Crippen LogP contribution is -2.30. The molecule has 19 heteroatoms. The smallest absolute Gasteiger partial charge is 0.462 e. The molecule has 0 aromatic heterocycles. The number of carbonyl (C=O) groups is 4. The Bertz CT molecular complexity index is 1870. The van der Waals surface area contributed by atoms with E-state index in [1.165, 1.54) is 193 Å². The van der Waals surface area contributed by atoms with Gasteiger partial charge < -0.3 is 33.8 Å². The Morgan fingerprint density at radius 1 is 0.281 bits per heavy atom. The highest BCUT2D eigenvalue weighted by Gasteiger charge is 2.30. The molecule has 5 atom stereocenters. The maximum absolute atomic E-state index is 13.1. The van der Waals surface area contributed by atoms with Gasteiger partial charge in [0.1, 0.15) is 19.3 Å². The lowest BCUT2D eigenvalue weighted by Gasteiger charge is -2.21. The quantitative estimate of drug-likeness (QED) is 0.0222. The maximum atomic E-state index is 13.1. The van der Waals surface area contributed by atoms with Crippen LogP contribution in [0.25, 0.3) is 0 Å². The van der Waals surface area contributed by atoms with Gasteiger partial charge in [-0.15, -0.1) is 0 Å². The summed E-state index contributed by atoms with van der Waals surface area (Å²) in [7, 11) is -9.91. The lowest BCUT2D eigenvalue weighted by atomic mass is 10.0. The second kappa shape index (κ2) is 67.5. The van der Waals surface area contributed by atoms with Crippen molar-refractivity contribution < 1.29 is 80.2 Å². The van der Waals surface area contributed by atoms with Crippen LogP contribution in [0.2, 0.25) is 0 Å². The molecule has 0 saturated carbocycles. The van der Waals surface area contributed by atoms with E-state index in [9.17, 15) is 43.2 Å². The van der Waals surface area contributed by atoms with Crippen LogP contribution in [-0.4, -0.2) is 96.7 Å². The van der Waals surface area contributed by atoms with Crippen molar-refractivity contribution in [2.24, 2.45) is 17.8 Å². The van der Waals surface area contributed by atoms with Crippen molar-refractivity contribution in [3.63, 3.8) is 0 Å². The lowest BCUT2D eigenvalue weighted by molar-refractivity contribution is -0.161. The SMILES string of the molecule is CCCCCCCCCC(=O)OC[C@H](COP(=O)(O)OC[C@H](O)COP(=O)(O)OC[C@@H](COC(=O)CCCCCCCCCCCCCCCC(C)C)OC(=O)CCCCCCCCCCCCCCCCC(C)C)OC(=O)CCCCCCCCCCCCCCCC(C)C. The molecule has 0 bridgehead atoms. The Kier molecular flexibility index (Phi) is 66.2. The van der Waals surface area contributed by atoms with E-state index < -0.39 is 97.5 Å². The first-order chi connectivity index (χ1) is 46.2. The summed E-state index contributed by atoms with van der Waals surface area (Å²) >= 11 is 0. The molecule has 570 valence electrons. The Hall–Kier alpha value is -1.94. The standard InChI is InChI=1S/C77H150O17P2/c1-8-9-10-11-34-44-51-58-74(79)87-64-72(93-76(81)61-54-47-40-33-27-21-15-18-24-30-37-43-50-57-70(6)7)66-91-95(83,84)89-62-71(78)63-90-96(85,86)92-67-73(65-88-75(80)59-52-45-38-31-25-20-14-17-23-29-36-42-49-56-69(4)5)94-77(82)60-53-46-39-32-26-19-13-12-16-22-28-35-41-48-55-68(2)3/h68-73,78H,8-67H2,1-7H3,(H,83,84)(H,85,86)/t71-,72+,73+/m0/s1. The third-order valence-electron chi connectivity index (χ3n) is 17.9. The van der Waals surface area contributed by atoms with Crippen molar-refractivity contribution >= 4 is 39.5 Å². The molecule has 17 nitrogen and oxygen atoms in total. The summed E-state index contributed by atoms with van der Waals surface area (Å²) in [4.78, 5) is 72.7. The van der Waals surface area contributed by atoms with Crippen LogP contribution in [0.5, 0.6) is 0 Å². The Balaban J connectivity index is 5.20. The van der Waals surface area contributed by atoms with Crippen LogP contribution in [0, 0.1) is 17.8 Å². The highest BCUT2D eigenvalue weighted by Crippen LogP contribution is 2.45. The van der Waals surface area contributed by atoms with Gasteiger partial charge in [0, 0.05) is 25.7 Å². The molecular formula is C77H150O17P2. The van der Waals surface area contributed by atoms with Gasteiger partial charge in [0.25, 0.3) is 0 Å². The Labute approximate surface area is 588 Å². The summed E-state index contributed by atoms with van der Waals surface area (Å²) in [5.41, 5.74) is 0.